The van der Waals surface area contributed by atoms with Crippen LogP contribution in [0.4, 0.5) is 5.13 Å². The van der Waals surface area contributed by atoms with Crippen LogP contribution in [0.2, 0.25) is 5.02 Å². The van der Waals surface area contributed by atoms with Crippen molar-refractivity contribution >= 4 is 68.4 Å². The predicted molar refractivity (Wildman–Crippen MR) is 139 cm³/mol. The number of thioether (sulfide) groups is 1. The normalized spacial score (nSPS) is 11.0. The summed E-state index contributed by atoms with van der Waals surface area (Å²) < 4.78 is 1.14. The summed E-state index contributed by atoms with van der Waals surface area (Å²) in [6, 6.07) is 14.2. The lowest BCUT2D eigenvalue weighted by molar-refractivity contribution is -0.118. The highest BCUT2D eigenvalue weighted by atomic mass is 35.5. The van der Waals surface area contributed by atoms with E-state index in [9.17, 15) is 4.79 Å². The highest BCUT2D eigenvalue weighted by molar-refractivity contribution is 7.99. The number of halogens is 2. The maximum absolute atomic E-state index is 13.1. The average Bonchev–Trinajstić information content (AvgIpc) is 3.15. The second-order valence-corrected chi connectivity index (χ2v) is 10.0. The Balaban J connectivity index is 0.00000341. The fourth-order valence-electron chi connectivity index (χ4n) is 3.00. The van der Waals surface area contributed by atoms with Crippen LogP contribution in [0.3, 0.4) is 0 Å². The van der Waals surface area contributed by atoms with Gasteiger partial charge < -0.3 is 4.90 Å². The van der Waals surface area contributed by atoms with Crippen LogP contribution in [-0.2, 0) is 11.2 Å². The lowest BCUT2D eigenvalue weighted by Gasteiger charge is -2.22. The van der Waals surface area contributed by atoms with Gasteiger partial charge >= 0.3 is 0 Å². The fourth-order valence-corrected chi connectivity index (χ4v) is 5.05. The largest absolute Gasteiger partial charge is 0.308 e. The minimum Gasteiger partial charge on any atom is -0.308 e. The summed E-state index contributed by atoms with van der Waals surface area (Å²) in [5.41, 5.74) is 2.26. The van der Waals surface area contributed by atoms with Crippen LogP contribution < -0.4 is 4.90 Å². The molecule has 3 rings (SSSR count). The van der Waals surface area contributed by atoms with Crippen LogP contribution >= 0.6 is 47.1 Å². The van der Waals surface area contributed by atoms with Crippen molar-refractivity contribution in [2.75, 3.05) is 37.8 Å². The van der Waals surface area contributed by atoms with E-state index in [0.29, 0.717) is 13.0 Å². The summed E-state index contributed by atoms with van der Waals surface area (Å²) in [5, 5.41) is 1.54. The molecule has 168 valence electrons. The Labute approximate surface area is 204 Å². The Bertz CT molecular complexity index is 977. The van der Waals surface area contributed by atoms with Crippen molar-refractivity contribution in [2.45, 2.75) is 31.1 Å². The topological polar surface area (TPSA) is 36.4 Å². The number of carbonyl (C=O) groups excluding carboxylic acids is 1. The maximum Gasteiger partial charge on any atom is 0.228 e. The summed E-state index contributed by atoms with van der Waals surface area (Å²) in [6.07, 6.45) is 2.34. The van der Waals surface area contributed by atoms with Gasteiger partial charge in [0, 0.05) is 29.4 Å². The third kappa shape index (κ3) is 7.65. The van der Waals surface area contributed by atoms with Crippen molar-refractivity contribution in [3.8, 4) is 0 Å². The van der Waals surface area contributed by atoms with E-state index in [1.807, 2.05) is 43.3 Å². The van der Waals surface area contributed by atoms with Gasteiger partial charge in [0.15, 0.2) is 5.13 Å². The molecule has 0 bridgehead atoms. The number of hydrogen-bond acceptors (Lipinski definition) is 5. The highest BCUT2D eigenvalue weighted by Crippen LogP contribution is 2.30. The number of hydrogen-bond donors (Lipinski definition) is 0. The van der Waals surface area contributed by atoms with E-state index in [1.165, 1.54) is 10.5 Å². The monoisotopic (exact) mass is 497 g/mol. The number of likely N-dealkylation sites (N-methyl/N-ethyl adjacent to an activating group) is 1. The van der Waals surface area contributed by atoms with E-state index >= 15 is 0 Å². The number of thiazole rings is 1. The van der Waals surface area contributed by atoms with Gasteiger partial charge in [-0.25, -0.2) is 4.98 Å². The van der Waals surface area contributed by atoms with E-state index < -0.39 is 0 Å². The first kappa shape index (κ1) is 25.9. The zero-order valence-electron chi connectivity index (χ0n) is 18.1. The molecular weight excluding hydrogens is 469 g/mol. The molecule has 8 heteroatoms. The molecule has 0 aliphatic heterocycles. The summed E-state index contributed by atoms with van der Waals surface area (Å²) in [5.74, 6) is 1.04. The van der Waals surface area contributed by atoms with Crippen LogP contribution in [-0.4, -0.2) is 48.7 Å². The lowest BCUT2D eigenvalue weighted by atomic mass is 10.2. The van der Waals surface area contributed by atoms with Gasteiger partial charge in [-0.1, -0.05) is 35.9 Å². The molecule has 1 amide bonds. The molecule has 1 aromatic heterocycles. The first-order valence-corrected chi connectivity index (χ1v) is 12.4. The first-order chi connectivity index (χ1) is 14.5. The van der Waals surface area contributed by atoms with E-state index in [-0.39, 0.29) is 18.3 Å². The maximum atomic E-state index is 13.1. The number of benzene rings is 2. The summed E-state index contributed by atoms with van der Waals surface area (Å²) >= 11 is 9.30. The van der Waals surface area contributed by atoms with Crippen LogP contribution in [0, 0.1) is 0 Å². The van der Waals surface area contributed by atoms with Crippen molar-refractivity contribution in [3.63, 3.8) is 0 Å². The zero-order chi connectivity index (χ0) is 21.5. The van der Waals surface area contributed by atoms with Crippen LogP contribution in [0.5, 0.6) is 0 Å². The Morgan fingerprint density at radius 2 is 1.87 bits per heavy atom. The number of amides is 1. The highest BCUT2D eigenvalue weighted by Gasteiger charge is 2.19. The molecule has 3 aromatic rings. The van der Waals surface area contributed by atoms with E-state index in [0.717, 1.165) is 45.5 Å². The molecule has 0 saturated carbocycles. The minimum atomic E-state index is 0. The third-order valence-corrected chi connectivity index (χ3v) is 7.16. The van der Waals surface area contributed by atoms with Crippen molar-refractivity contribution in [2.24, 2.45) is 0 Å². The van der Waals surface area contributed by atoms with Gasteiger partial charge in [-0.2, -0.15) is 0 Å². The molecule has 0 atom stereocenters. The van der Waals surface area contributed by atoms with Crippen molar-refractivity contribution in [1.29, 1.82) is 0 Å². The smallest absolute Gasteiger partial charge is 0.228 e. The lowest BCUT2D eigenvalue weighted by Crippen LogP contribution is -2.36. The number of aryl methyl sites for hydroxylation is 1. The number of fused-ring (bicyclic) bond motifs is 1. The molecule has 2 aromatic carbocycles. The van der Waals surface area contributed by atoms with Gasteiger partial charge in [0.25, 0.3) is 0 Å². The standard InChI is InChI=1S/C23H28ClN3OS2.ClH/c1-4-17-7-12-20-21(16-17)30-23(25-20)27(14-13-26(2)3)22(28)6-5-15-29-19-10-8-18(24)9-11-19;/h7-12,16H,4-6,13-15H2,1-3H3;1H. The molecule has 0 unspecified atom stereocenters. The van der Waals surface area contributed by atoms with Crippen LogP contribution in [0.25, 0.3) is 10.2 Å². The molecule has 0 fully saturated rings. The van der Waals surface area contributed by atoms with Gasteiger partial charge in [-0.3, -0.25) is 9.69 Å². The molecule has 0 aliphatic carbocycles. The van der Waals surface area contributed by atoms with Gasteiger partial charge in [0.05, 0.1) is 10.2 Å². The van der Waals surface area contributed by atoms with Gasteiger partial charge in [0.1, 0.15) is 0 Å². The van der Waals surface area contributed by atoms with E-state index in [1.54, 1.807) is 23.1 Å². The molecular formula is C23H29Cl2N3OS2. The third-order valence-electron chi connectivity index (χ3n) is 4.77. The van der Waals surface area contributed by atoms with Crippen LogP contribution in [0.15, 0.2) is 47.4 Å². The number of carbonyl (C=O) groups is 1. The van der Waals surface area contributed by atoms with Gasteiger partial charge in [-0.05, 0) is 74.7 Å². The number of nitrogens with zero attached hydrogens (tertiary/aromatic N) is 3. The Hall–Kier alpha value is -1.31. The van der Waals surface area contributed by atoms with Gasteiger partial charge in [0.2, 0.25) is 5.91 Å². The van der Waals surface area contributed by atoms with Crippen molar-refractivity contribution in [3.05, 3.63) is 53.1 Å². The summed E-state index contributed by atoms with van der Waals surface area (Å²) in [7, 11) is 4.05. The molecule has 0 aliphatic rings. The van der Waals surface area contributed by atoms with Crippen molar-refractivity contribution < 1.29 is 4.79 Å². The Morgan fingerprint density at radius 1 is 1.13 bits per heavy atom. The molecule has 31 heavy (non-hydrogen) atoms. The summed E-state index contributed by atoms with van der Waals surface area (Å²) in [4.78, 5) is 23.0. The molecule has 0 saturated heterocycles. The van der Waals surface area contributed by atoms with Crippen LogP contribution in [0.1, 0.15) is 25.3 Å². The average molecular weight is 499 g/mol. The fraction of sp³-hybridized carbons (Fsp3) is 0.391. The Kier molecular flexibility index (Phi) is 10.6. The number of rotatable bonds is 10. The predicted octanol–water partition coefficient (Wildman–Crippen LogP) is 6.40. The quantitative estimate of drug-likeness (QED) is 0.239. The zero-order valence-corrected chi connectivity index (χ0v) is 21.3. The number of anilines is 1. The Morgan fingerprint density at radius 3 is 2.55 bits per heavy atom. The second-order valence-electron chi connectivity index (χ2n) is 7.41. The SMILES string of the molecule is CCc1ccc2nc(N(CCN(C)C)C(=O)CCCSc3ccc(Cl)cc3)sc2c1.Cl. The minimum absolute atomic E-state index is 0. The van der Waals surface area contributed by atoms with E-state index in [2.05, 4.69) is 30.0 Å². The second kappa shape index (κ2) is 12.7. The molecule has 1 heterocycles. The molecule has 0 spiro atoms. The molecule has 0 N–H and O–H groups in total. The molecule has 4 nitrogen and oxygen atoms in total. The van der Waals surface area contributed by atoms with Gasteiger partial charge in [-0.15, -0.1) is 24.2 Å². The molecule has 0 radical (unpaired) electrons. The first-order valence-electron chi connectivity index (χ1n) is 10.2. The van der Waals surface area contributed by atoms with E-state index in [4.69, 9.17) is 16.6 Å². The number of aromatic nitrogens is 1. The van der Waals surface area contributed by atoms with Crippen molar-refractivity contribution in [1.82, 2.24) is 9.88 Å². The summed E-state index contributed by atoms with van der Waals surface area (Å²) in [6.45, 7) is 3.61.